The van der Waals surface area contributed by atoms with Crippen LogP contribution in [0.15, 0.2) is 57.8 Å². The van der Waals surface area contributed by atoms with Gasteiger partial charge in [-0.25, -0.2) is 8.42 Å². The van der Waals surface area contributed by atoms with Crippen LogP contribution in [-0.4, -0.2) is 66.7 Å². The summed E-state index contributed by atoms with van der Waals surface area (Å²) in [5, 5.41) is 11.6. The summed E-state index contributed by atoms with van der Waals surface area (Å²) in [6.07, 6.45) is 0. The summed E-state index contributed by atoms with van der Waals surface area (Å²) in [7, 11) is -3.70. The second-order valence-corrected chi connectivity index (χ2v) is 9.82. The van der Waals surface area contributed by atoms with Crippen molar-refractivity contribution in [1.29, 1.82) is 0 Å². The predicted octanol–water partition coefficient (Wildman–Crippen LogP) is 1.50. The minimum Gasteiger partial charge on any atom is -0.459 e. The number of morpholine rings is 1. The summed E-state index contributed by atoms with van der Waals surface area (Å²) in [5.41, 5.74) is 1.52. The third kappa shape index (κ3) is 4.34. The molecule has 12 heteroatoms. The number of ether oxygens (including phenoxy) is 1. The fourth-order valence-electron chi connectivity index (χ4n) is 3.76. The number of nitrogens with zero attached hydrogens (tertiary/aromatic N) is 4. The Hall–Kier alpha value is -3.48. The number of hydrogen-bond donors (Lipinski definition) is 1. The van der Waals surface area contributed by atoms with Gasteiger partial charge in [0, 0.05) is 18.5 Å². The Morgan fingerprint density at radius 2 is 1.97 bits per heavy atom. The van der Waals surface area contributed by atoms with Gasteiger partial charge >= 0.3 is 0 Å². The predicted molar refractivity (Wildman–Crippen MR) is 121 cm³/mol. The van der Waals surface area contributed by atoms with Gasteiger partial charge in [-0.3, -0.25) is 4.79 Å². The summed E-state index contributed by atoms with van der Waals surface area (Å²) in [5.74, 6) is 0.229. The zero-order valence-electron chi connectivity index (χ0n) is 18.4. The molecular weight excluding hydrogens is 462 g/mol. The summed E-state index contributed by atoms with van der Waals surface area (Å²) >= 11 is 0. The van der Waals surface area contributed by atoms with Crippen LogP contribution in [0.4, 0.5) is 0 Å². The zero-order chi connectivity index (χ0) is 23.7. The number of fused-ring (bicyclic) bond motifs is 2. The van der Waals surface area contributed by atoms with E-state index in [2.05, 4.69) is 15.6 Å². The van der Waals surface area contributed by atoms with E-state index in [1.807, 2.05) is 37.3 Å². The first-order valence-electron chi connectivity index (χ1n) is 10.8. The first-order valence-corrected chi connectivity index (χ1v) is 12.2. The molecule has 2 aromatic heterocycles. The van der Waals surface area contributed by atoms with Gasteiger partial charge in [-0.1, -0.05) is 23.0 Å². The number of furan rings is 1. The Morgan fingerprint density at radius 3 is 2.76 bits per heavy atom. The third-order valence-corrected chi connectivity index (χ3v) is 7.46. The van der Waals surface area contributed by atoms with Crippen molar-refractivity contribution in [1.82, 2.24) is 24.8 Å². The Morgan fingerprint density at radius 1 is 1.18 bits per heavy atom. The largest absolute Gasteiger partial charge is 0.459 e. The molecule has 0 saturated carbocycles. The van der Waals surface area contributed by atoms with E-state index in [0.717, 1.165) is 15.8 Å². The molecule has 0 aliphatic carbocycles. The maximum Gasteiger partial charge on any atom is 0.261 e. The molecular formula is C22H23N5O6S. The van der Waals surface area contributed by atoms with E-state index in [1.165, 1.54) is 16.4 Å². The Kier molecular flexibility index (Phi) is 5.94. The molecule has 1 fully saturated rings. The molecule has 1 saturated heterocycles. The lowest BCUT2D eigenvalue weighted by Gasteiger charge is -2.26. The van der Waals surface area contributed by atoms with Crippen molar-refractivity contribution < 1.29 is 27.2 Å². The highest BCUT2D eigenvalue weighted by Gasteiger charge is 2.27. The molecule has 34 heavy (non-hydrogen) atoms. The van der Waals surface area contributed by atoms with Gasteiger partial charge in [0.15, 0.2) is 6.61 Å². The summed E-state index contributed by atoms with van der Waals surface area (Å²) in [6.45, 7) is 2.75. The van der Waals surface area contributed by atoms with Crippen LogP contribution in [0.5, 0.6) is 0 Å². The fourth-order valence-corrected chi connectivity index (χ4v) is 5.19. The van der Waals surface area contributed by atoms with Crippen LogP contribution in [0, 0.1) is 0 Å². The SMILES string of the molecule is CC(NC(=O)COn1nnc2ccc(S(=O)(=O)N3CCOCC3)cc21)c1cc2ccccc2o1. The monoisotopic (exact) mass is 485 g/mol. The highest BCUT2D eigenvalue weighted by atomic mass is 32.2. The van der Waals surface area contributed by atoms with Gasteiger partial charge in [0.1, 0.15) is 22.4 Å². The number of rotatable bonds is 7. The number of benzene rings is 2. The van der Waals surface area contributed by atoms with Crippen LogP contribution in [0.25, 0.3) is 22.0 Å². The number of hydrogen-bond acceptors (Lipinski definition) is 8. The maximum absolute atomic E-state index is 13.0. The number of sulfonamides is 1. The quantitative estimate of drug-likeness (QED) is 0.417. The van der Waals surface area contributed by atoms with Crippen molar-refractivity contribution >= 4 is 37.9 Å². The normalized spacial score (nSPS) is 16.0. The van der Waals surface area contributed by atoms with E-state index in [-0.39, 0.29) is 30.6 Å². The number of aromatic nitrogens is 3. The van der Waals surface area contributed by atoms with Crippen molar-refractivity contribution in [2.75, 3.05) is 32.9 Å². The van der Waals surface area contributed by atoms with Crippen molar-refractivity contribution in [3.8, 4) is 0 Å². The van der Waals surface area contributed by atoms with E-state index in [4.69, 9.17) is 14.0 Å². The average molecular weight is 486 g/mol. The van der Waals surface area contributed by atoms with Crippen molar-refractivity contribution in [3.63, 3.8) is 0 Å². The molecule has 1 amide bonds. The summed E-state index contributed by atoms with van der Waals surface area (Å²) < 4.78 is 38.3. The molecule has 11 nitrogen and oxygen atoms in total. The van der Waals surface area contributed by atoms with Gasteiger partial charge in [-0.2, -0.15) is 4.31 Å². The lowest BCUT2D eigenvalue weighted by molar-refractivity contribution is -0.127. The number of amides is 1. The molecule has 1 unspecified atom stereocenters. The van der Waals surface area contributed by atoms with Gasteiger partial charge in [-0.15, -0.1) is 5.10 Å². The molecule has 0 radical (unpaired) electrons. The minimum absolute atomic E-state index is 0.0945. The van der Waals surface area contributed by atoms with Gasteiger partial charge in [-0.05, 0) is 42.5 Å². The molecule has 1 aliphatic rings. The fraction of sp³-hybridized carbons (Fsp3) is 0.318. The average Bonchev–Trinajstić information content (AvgIpc) is 3.47. The van der Waals surface area contributed by atoms with Crippen LogP contribution >= 0.6 is 0 Å². The number of para-hydroxylation sites is 1. The van der Waals surface area contributed by atoms with Crippen LogP contribution in [0.3, 0.4) is 0 Å². The lowest BCUT2D eigenvalue weighted by Crippen LogP contribution is -2.40. The van der Waals surface area contributed by atoms with Gasteiger partial charge in [0.25, 0.3) is 5.91 Å². The van der Waals surface area contributed by atoms with E-state index in [9.17, 15) is 13.2 Å². The maximum atomic E-state index is 13.0. The van der Waals surface area contributed by atoms with E-state index in [0.29, 0.717) is 30.0 Å². The van der Waals surface area contributed by atoms with E-state index >= 15 is 0 Å². The Labute approximate surface area is 195 Å². The zero-order valence-corrected chi connectivity index (χ0v) is 19.2. The minimum atomic E-state index is -3.70. The van der Waals surface area contributed by atoms with Crippen molar-refractivity contribution in [2.24, 2.45) is 0 Å². The first kappa shape index (κ1) is 22.3. The molecule has 1 atom stereocenters. The standard InChI is InChI=1S/C22H23N5O6S/c1-15(21-12-16-4-2-3-5-20(16)33-21)23-22(28)14-32-27-19-13-17(6-7-18(19)24-25-27)34(29,30)26-8-10-31-11-9-26/h2-7,12-13,15H,8-11,14H2,1H3,(H,23,28). The first-order chi connectivity index (χ1) is 16.4. The molecule has 5 rings (SSSR count). The lowest BCUT2D eigenvalue weighted by atomic mass is 10.2. The van der Waals surface area contributed by atoms with Crippen molar-refractivity contribution in [2.45, 2.75) is 17.9 Å². The Balaban J connectivity index is 1.27. The highest BCUT2D eigenvalue weighted by molar-refractivity contribution is 7.89. The molecule has 2 aromatic carbocycles. The van der Waals surface area contributed by atoms with E-state index < -0.39 is 15.9 Å². The molecule has 1 N–H and O–H groups in total. The third-order valence-electron chi connectivity index (χ3n) is 5.56. The number of nitrogens with one attached hydrogen (secondary N) is 1. The molecule has 178 valence electrons. The van der Waals surface area contributed by atoms with Gasteiger partial charge in [0.2, 0.25) is 10.0 Å². The number of carbonyl (C=O) groups excluding carboxylic acids is 1. The summed E-state index contributed by atoms with van der Waals surface area (Å²) in [6, 6.07) is 13.6. The molecule has 3 heterocycles. The van der Waals surface area contributed by atoms with Crippen LogP contribution in [0.1, 0.15) is 18.7 Å². The van der Waals surface area contributed by atoms with E-state index in [1.54, 1.807) is 6.07 Å². The smallest absolute Gasteiger partial charge is 0.261 e. The second-order valence-electron chi connectivity index (χ2n) is 7.88. The van der Waals surface area contributed by atoms with Gasteiger partial charge in [0.05, 0.1) is 24.2 Å². The molecule has 4 aromatic rings. The number of carbonyl (C=O) groups is 1. The van der Waals surface area contributed by atoms with Crippen LogP contribution in [0.2, 0.25) is 0 Å². The Bertz CT molecular complexity index is 1410. The topological polar surface area (TPSA) is 129 Å². The van der Waals surface area contributed by atoms with Crippen LogP contribution < -0.4 is 10.2 Å². The molecule has 0 bridgehead atoms. The van der Waals surface area contributed by atoms with Crippen LogP contribution in [-0.2, 0) is 19.6 Å². The molecule has 1 aliphatic heterocycles. The van der Waals surface area contributed by atoms with Crippen molar-refractivity contribution in [3.05, 3.63) is 54.3 Å². The summed E-state index contributed by atoms with van der Waals surface area (Å²) in [4.78, 5) is 19.1. The highest BCUT2D eigenvalue weighted by Crippen LogP contribution is 2.24. The molecule has 0 spiro atoms. The van der Waals surface area contributed by atoms with Gasteiger partial charge < -0.3 is 19.3 Å². The second kappa shape index (κ2) is 9.05.